The van der Waals surface area contributed by atoms with Gasteiger partial charge in [0.15, 0.2) is 0 Å². The topological polar surface area (TPSA) is 3.24 Å². The van der Waals surface area contributed by atoms with Gasteiger partial charge in [-0.1, -0.05) is 74.9 Å². The Morgan fingerprint density at radius 1 is 1.14 bits per heavy atom. The summed E-state index contributed by atoms with van der Waals surface area (Å²) in [6, 6.07) is 6.86. The average molecular weight is 295 g/mol. The Kier molecular flexibility index (Phi) is 5.08. The summed E-state index contributed by atoms with van der Waals surface area (Å²) < 4.78 is 0. The van der Waals surface area contributed by atoms with E-state index in [4.69, 9.17) is 0 Å². The van der Waals surface area contributed by atoms with E-state index in [9.17, 15) is 0 Å². The molecule has 0 fully saturated rings. The van der Waals surface area contributed by atoms with Crippen LogP contribution in [0.3, 0.4) is 0 Å². The minimum absolute atomic E-state index is 0.126. The zero-order valence-corrected chi connectivity index (χ0v) is 14.9. The second kappa shape index (κ2) is 6.66. The fourth-order valence-corrected chi connectivity index (χ4v) is 2.95. The lowest BCUT2D eigenvalue weighted by Crippen LogP contribution is -2.16. The highest BCUT2D eigenvalue weighted by Crippen LogP contribution is 2.38. The highest BCUT2D eigenvalue weighted by atomic mass is 15.0. The molecule has 0 heterocycles. The van der Waals surface area contributed by atoms with Crippen LogP contribution >= 0.6 is 0 Å². The molecular formula is C21H29N. The molecule has 0 N–H and O–H groups in total. The van der Waals surface area contributed by atoms with E-state index in [1.54, 1.807) is 0 Å². The molecule has 0 saturated heterocycles. The Morgan fingerprint density at radius 3 is 2.32 bits per heavy atom. The summed E-state index contributed by atoms with van der Waals surface area (Å²) in [6.45, 7) is 10.1. The minimum atomic E-state index is 0.126. The van der Waals surface area contributed by atoms with Crippen LogP contribution in [-0.2, 0) is 6.54 Å². The van der Waals surface area contributed by atoms with Crippen molar-refractivity contribution in [2.24, 2.45) is 11.3 Å². The largest absolute Gasteiger partial charge is 0.305 e. The van der Waals surface area contributed by atoms with Crippen molar-refractivity contribution in [1.29, 1.82) is 0 Å². The van der Waals surface area contributed by atoms with Gasteiger partial charge in [0.2, 0.25) is 0 Å². The molecule has 0 aromatic heterocycles. The maximum Gasteiger partial charge on any atom is 0.0233 e. The number of allylic oxidation sites excluding steroid dienone is 6. The lowest BCUT2D eigenvalue weighted by atomic mass is 9.78. The van der Waals surface area contributed by atoms with Gasteiger partial charge >= 0.3 is 0 Å². The van der Waals surface area contributed by atoms with Gasteiger partial charge in [0.1, 0.15) is 0 Å². The predicted molar refractivity (Wildman–Crippen MR) is 97.8 cm³/mol. The van der Waals surface area contributed by atoms with Gasteiger partial charge in [-0.25, -0.2) is 0 Å². The van der Waals surface area contributed by atoms with Crippen molar-refractivity contribution < 1.29 is 0 Å². The van der Waals surface area contributed by atoms with Crippen LogP contribution in [0.5, 0.6) is 0 Å². The van der Waals surface area contributed by atoms with E-state index in [0.29, 0.717) is 5.92 Å². The number of hydrogen-bond acceptors (Lipinski definition) is 1. The van der Waals surface area contributed by atoms with Crippen molar-refractivity contribution in [1.82, 2.24) is 4.90 Å². The van der Waals surface area contributed by atoms with Crippen LogP contribution in [0.15, 0.2) is 48.6 Å². The van der Waals surface area contributed by atoms with Crippen molar-refractivity contribution in [3.63, 3.8) is 0 Å². The SMILES string of the molecule is Cc1ccc(/C(=C/C2C=CC=C2)C(C)(C)C)c(CN(C)C)c1. The van der Waals surface area contributed by atoms with Gasteiger partial charge in [0, 0.05) is 12.5 Å². The first-order chi connectivity index (χ1) is 10.3. The average Bonchev–Trinajstić information content (AvgIpc) is 2.88. The summed E-state index contributed by atoms with van der Waals surface area (Å²) in [5, 5.41) is 0. The number of rotatable bonds is 4. The molecule has 1 heteroatoms. The number of hydrogen-bond donors (Lipinski definition) is 0. The molecule has 22 heavy (non-hydrogen) atoms. The van der Waals surface area contributed by atoms with E-state index in [1.807, 2.05) is 0 Å². The van der Waals surface area contributed by atoms with Crippen LogP contribution in [0.25, 0.3) is 5.57 Å². The zero-order chi connectivity index (χ0) is 16.3. The third kappa shape index (κ3) is 4.20. The molecule has 1 nitrogen and oxygen atoms in total. The molecular weight excluding hydrogens is 266 g/mol. The lowest BCUT2D eigenvalue weighted by Gasteiger charge is -2.27. The molecule has 0 atom stereocenters. The van der Waals surface area contributed by atoms with Gasteiger partial charge in [-0.2, -0.15) is 0 Å². The summed E-state index contributed by atoms with van der Waals surface area (Å²) >= 11 is 0. The third-order valence-corrected chi connectivity index (χ3v) is 3.98. The van der Waals surface area contributed by atoms with E-state index in [-0.39, 0.29) is 5.41 Å². The van der Waals surface area contributed by atoms with E-state index in [0.717, 1.165) is 6.54 Å². The molecule has 0 saturated carbocycles. The first-order valence-electron chi connectivity index (χ1n) is 8.09. The summed E-state index contributed by atoms with van der Waals surface area (Å²) in [5.41, 5.74) is 5.69. The van der Waals surface area contributed by atoms with E-state index in [1.165, 1.54) is 22.3 Å². The maximum absolute atomic E-state index is 2.42. The molecule has 0 aliphatic heterocycles. The molecule has 1 aliphatic carbocycles. The van der Waals surface area contributed by atoms with Crippen LogP contribution in [0.4, 0.5) is 0 Å². The minimum Gasteiger partial charge on any atom is -0.305 e. The Labute approximate surface area is 136 Å². The van der Waals surface area contributed by atoms with Gasteiger partial charge in [-0.05, 0) is 43.1 Å². The summed E-state index contributed by atoms with van der Waals surface area (Å²) in [5.74, 6) is 0.419. The molecule has 0 amide bonds. The lowest BCUT2D eigenvalue weighted by molar-refractivity contribution is 0.401. The Balaban J connectivity index is 2.52. The van der Waals surface area contributed by atoms with Crippen molar-refractivity contribution in [3.8, 4) is 0 Å². The molecule has 0 spiro atoms. The highest BCUT2D eigenvalue weighted by Gasteiger charge is 2.22. The van der Waals surface area contributed by atoms with Gasteiger partial charge in [0.05, 0.1) is 0 Å². The van der Waals surface area contributed by atoms with E-state index in [2.05, 4.69) is 95.3 Å². The van der Waals surface area contributed by atoms with Crippen molar-refractivity contribution >= 4 is 5.57 Å². The van der Waals surface area contributed by atoms with Crippen molar-refractivity contribution in [2.75, 3.05) is 14.1 Å². The quantitative estimate of drug-likeness (QED) is 0.735. The van der Waals surface area contributed by atoms with E-state index >= 15 is 0 Å². The van der Waals surface area contributed by atoms with Gasteiger partial charge in [0.25, 0.3) is 0 Å². The number of nitrogens with zero attached hydrogens (tertiary/aromatic N) is 1. The number of aryl methyl sites for hydroxylation is 1. The molecule has 1 aliphatic rings. The monoisotopic (exact) mass is 295 g/mol. The first kappa shape index (κ1) is 16.8. The normalized spacial score (nSPS) is 16.0. The van der Waals surface area contributed by atoms with Crippen LogP contribution in [-0.4, -0.2) is 19.0 Å². The molecule has 118 valence electrons. The smallest absolute Gasteiger partial charge is 0.0233 e. The Morgan fingerprint density at radius 2 is 1.77 bits per heavy atom. The fourth-order valence-electron chi connectivity index (χ4n) is 2.95. The summed E-state index contributed by atoms with van der Waals surface area (Å²) in [7, 11) is 4.27. The molecule has 1 aromatic rings. The third-order valence-electron chi connectivity index (χ3n) is 3.98. The highest BCUT2D eigenvalue weighted by molar-refractivity contribution is 5.73. The summed E-state index contributed by atoms with van der Waals surface area (Å²) in [6.07, 6.45) is 11.2. The van der Waals surface area contributed by atoms with E-state index < -0.39 is 0 Å². The second-order valence-electron chi connectivity index (χ2n) is 7.58. The van der Waals surface area contributed by atoms with Crippen LogP contribution in [0.1, 0.15) is 37.5 Å². The maximum atomic E-state index is 2.42. The Bertz CT molecular complexity index is 597. The van der Waals surface area contributed by atoms with Crippen LogP contribution in [0.2, 0.25) is 0 Å². The molecule has 0 bridgehead atoms. The molecule has 1 aromatic carbocycles. The van der Waals surface area contributed by atoms with Crippen LogP contribution in [0, 0.1) is 18.3 Å². The van der Waals surface area contributed by atoms with Crippen molar-refractivity contribution in [3.05, 3.63) is 65.3 Å². The van der Waals surface area contributed by atoms with Gasteiger partial charge < -0.3 is 4.90 Å². The fraction of sp³-hybridized carbons (Fsp3) is 0.429. The molecule has 0 radical (unpaired) electrons. The predicted octanol–water partition coefficient (Wildman–Crippen LogP) is 5.23. The zero-order valence-electron chi connectivity index (χ0n) is 14.9. The van der Waals surface area contributed by atoms with Gasteiger partial charge in [-0.15, -0.1) is 0 Å². The Hall–Kier alpha value is -1.60. The molecule has 0 unspecified atom stereocenters. The van der Waals surface area contributed by atoms with Crippen molar-refractivity contribution in [2.45, 2.75) is 34.2 Å². The van der Waals surface area contributed by atoms with Gasteiger partial charge in [-0.3, -0.25) is 0 Å². The number of benzene rings is 1. The van der Waals surface area contributed by atoms with Crippen LogP contribution < -0.4 is 0 Å². The summed E-state index contributed by atoms with van der Waals surface area (Å²) in [4.78, 5) is 2.24. The molecule has 2 rings (SSSR count). The second-order valence-corrected chi connectivity index (χ2v) is 7.58. The standard InChI is InChI=1S/C21H29N/c1-16-11-12-19(18(13-16)15-22(5)6)20(21(2,3)4)14-17-9-7-8-10-17/h7-14,17H,15H2,1-6H3/b20-14-. The first-order valence-corrected chi connectivity index (χ1v) is 8.09.